The van der Waals surface area contributed by atoms with Crippen LogP contribution in [0.25, 0.3) is 0 Å². The summed E-state index contributed by atoms with van der Waals surface area (Å²) in [4.78, 5) is 15.6. The monoisotopic (exact) mass is 241 g/mol. The molecule has 5 heteroatoms. The lowest BCUT2D eigenvalue weighted by Crippen LogP contribution is -2.45. The average Bonchev–Trinajstić information content (AvgIpc) is 2.19. The van der Waals surface area contributed by atoms with Gasteiger partial charge in [-0.25, -0.2) is 4.98 Å². The van der Waals surface area contributed by atoms with Crippen LogP contribution in [-0.4, -0.2) is 16.9 Å². The average molecular weight is 242 g/mol. The molecule has 0 fully saturated rings. The molecule has 0 bridgehead atoms. The SMILES string of the molecule is CC(C)(C)[C@H](N)C(=O)Nc1ccc(Cl)nc1. The van der Waals surface area contributed by atoms with Crippen LogP contribution < -0.4 is 11.1 Å². The summed E-state index contributed by atoms with van der Waals surface area (Å²) in [5.41, 5.74) is 6.13. The van der Waals surface area contributed by atoms with Crippen LogP contribution in [0.5, 0.6) is 0 Å². The quantitative estimate of drug-likeness (QED) is 0.779. The number of carbonyl (C=O) groups is 1. The lowest BCUT2D eigenvalue weighted by atomic mass is 9.87. The predicted octanol–water partition coefficient (Wildman–Crippen LogP) is 2.05. The molecule has 1 aromatic heterocycles. The highest BCUT2D eigenvalue weighted by molar-refractivity contribution is 6.29. The molecule has 0 saturated carbocycles. The van der Waals surface area contributed by atoms with Gasteiger partial charge in [-0.15, -0.1) is 0 Å². The van der Waals surface area contributed by atoms with E-state index in [1.807, 2.05) is 20.8 Å². The highest BCUT2D eigenvalue weighted by Crippen LogP contribution is 2.19. The van der Waals surface area contributed by atoms with Crippen LogP contribution in [0.2, 0.25) is 5.15 Å². The van der Waals surface area contributed by atoms with Gasteiger partial charge in [0.05, 0.1) is 17.9 Å². The first-order valence-corrected chi connectivity index (χ1v) is 5.36. The molecule has 1 heterocycles. The van der Waals surface area contributed by atoms with Gasteiger partial charge in [-0.2, -0.15) is 0 Å². The van der Waals surface area contributed by atoms with Crippen molar-refractivity contribution in [3.8, 4) is 0 Å². The first kappa shape index (κ1) is 12.9. The van der Waals surface area contributed by atoms with Gasteiger partial charge in [0.25, 0.3) is 0 Å². The number of anilines is 1. The Kier molecular flexibility index (Phi) is 3.88. The van der Waals surface area contributed by atoms with E-state index in [1.165, 1.54) is 6.20 Å². The molecule has 1 atom stereocenters. The summed E-state index contributed by atoms with van der Waals surface area (Å²) in [6.45, 7) is 5.74. The maximum atomic E-state index is 11.7. The minimum Gasteiger partial charge on any atom is -0.323 e. The summed E-state index contributed by atoms with van der Waals surface area (Å²) < 4.78 is 0. The largest absolute Gasteiger partial charge is 0.323 e. The van der Waals surface area contributed by atoms with Gasteiger partial charge >= 0.3 is 0 Å². The van der Waals surface area contributed by atoms with Crippen molar-refractivity contribution in [1.82, 2.24) is 4.98 Å². The molecule has 0 radical (unpaired) electrons. The zero-order valence-corrected chi connectivity index (χ0v) is 10.4. The molecule has 0 spiro atoms. The normalized spacial score (nSPS) is 13.3. The van der Waals surface area contributed by atoms with E-state index >= 15 is 0 Å². The zero-order chi connectivity index (χ0) is 12.3. The highest BCUT2D eigenvalue weighted by atomic mass is 35.5. The molecule has 0 aliphatic heterocycles. The number of hydrogen-bond acceptors (Lipinski definition) is 3. The fraction of sp³-hybridized carbons (Fsp3) is 0.455. The Bertz CT molecular complexity index is 370. The van der Waals surface area contributed by atoms with E-state index in [-0.39, 0.29) is 11.3 Å². The van der Waals surface area contributed by atoms with Gasteiger partial charge in [-0.05, 0) is 17.5 Å². The van der Waals surface area contributed by atoms with Crippen molar-refractivity contribution in [2.45, 2.75) is 26.8 Å². The number of nitrogens with two attached hydrogens (primary N) is 1. The molecule has 0 saturated heterocycles. The van der Waals surface area contributed by atoms with Gasteiger partial charge in [0.15, 0.2) is 0 Å². The second kappa shape index (κ2) is 4.80. The fourth-order valence-corrected chi connectivity index (χ4v) is 1.17. The van der Waals surface area contributed by atoms with E-state index in [1.54, 1.807) is 12.1 Å². The summed E-state index contributed by atoms with van der Waals surface area (Å²) in [5.74, 6) is -0.225. The van der Waals surface area contributed by atoms with Crippen LogP contribution in [0.3, 0.4) is 0 Å². The Morgan fingerprint density at radius 1 is 1.50 bits per heavy atom. The molecule has 4 nitrogen and oxygen atoms in total. The fourth-order valence-electron chi connectivity index (χ4n) is 1.06. The van der Waals surface area contributed by atoms with E-state index in [0.717, 1.165) is 0 Å². The number of rotatable bonds is 2. The predicted molar refractivity (Wildman–Crippen MR) is 65.3 cm³/mol. The van der Waals surface area contributed by atoms with Gasteiger partial charge < -0.3 is 11.1 Å². The summed E-state index contributed by atoms with van der Waals surface area (Å²) >= 11 is 5.63. The van der Waals surface area contributed by atoms with Crippen LogP contribution in [0.1, 0.15) is 20.8 Å². The Balaban J connectivity index is 2.68. The number of amides is 1. The first-order valence-electron chi connectivity index (χ1n) is 4.98. The van der Waals surface area contributed by atoms with Gasteiger partial charge in [0.1, 0.15) is 5.15 Å². The second-order valence-electron chi connectivity index (χ2n) is 4.70. The Morgan fingerprint density at radius 2 is 2.12 bits per heavy atom. The van der Waals surface area contributed by atoms with E-state index in [2.05, 4.69) is 10.3 Å². The number of carbonyl (C=O) groups excluding carboxylic acids is 1. The second-order valence-corrected chi connectivity index (χ2v) is 5.09. The van der Waals surface area contributed by atoms with Crippen molar-refractivity contribution in [2.75, 3.05) is 5.32 Å². The van der Waals surface area contributed by atoms with Crippen LogP contribution in [0.4, 0.5) is 5.69 Å². The number of halogens is 1. The topological polar surface area (TPSA) is 68.0 Å². The lowest BCUT2D eigenvalue weighted by molar-refractivity contribution is -0.119. The molecule has 1 aromatic rings. The van der Waals surface area contributed by atoms with E-state index in [9.17, 15) is 4.79 Å². The third-order valence-corrected chi connectivity index (χ3v) is 2.43. The Labute approximate surface area is 100 Å². The molecule has 88 valence electrons. The lowest BCUT2D eigenvalue weighted by Gasteiger charge is -2.25. The van der Waals surface area contributed by atoms with Crippen LogP contribution in [0.15, 0.2) is 18.3 Å². The van der Waals surface area contributed by atoms with Crippen molar-refractivity contribution in [1.29, 1.82) is 0 Å². The first-order chi connectivity index (χ1) is 7.30. The Morgan fingerprint density at radius 3 is 2.56 bits per heavy atom. The number of aromatic nitrogens is 1. The minimum absolute atomic E-state index is 0.225. The van der Waals surface area contributed by atoms with E-state index in [4.69, 9.17) is 17.3 Å². The van der Waals surface area contributed by atoms with Crippen molar-refractivity contribution in [2.24, 2.45) is 11.1 Å². The summed E-state index contributed by atoms with van der Waals surface area (Å²) in [6.07, 6.45) is 1.50. The third-order valence-electron chi connectivity index (χ3n) is 2.21. The van der Waals surface area contributed by atoms with Crippen LogP contribution in [-0.2, 0) is 4.79 Å². The van der Waals surface area contributed by atoms with Crippen molar-refractivity contribution >= 4 is 23.2 Å². The maximum Gasteiger partial charge on any atom is 0.241 e. The molecule has 0 aliphatic carbocycles. The zero-order valence-electron chi connectivity index (χ0n) is 9.62. The molecule has 1 amide bonds. The van der Waals surface area contributed by atoms with Crippen molar-refractivity contribution < 1.29 is 4.79 Å². The smallest absolute Gasteiger partial charge is 0.241 e. The van der Waals surface area contributed by atoms with Crippen molar-refractivity contribution in [3.63, 3.8) is 0 Å². The minimum atomic E-state index is -0.567. The summed E-state index contributed by atoms with van der Waals surface area (Å²) in [5, 5.41) is 3.08. The summed E-state index contributed by atoms with van der Waals surface area (Å²) in [7, 11) is 0. The van der Waals surface area contributed by atoms with Crippen LogP contribution >= 0.6 is 11.6 Å². The van der Waals surface area contributed by atoms with E-state index in [0.29, 0.717) is 10.8 Å². The Hall–Kier alpha value is -1.13. The van der Waals surface area contributed by atoms with E-state index < -0.39 is 6.04 Å². The number of nitrogens with zero attached hydrogens (tertiary/aromatic N) is 1. The van der Waals surface area contributed by atoms with Gasteiger partial charge in [-0.3, -0.25) is 4.79 Å². The number of hydrogen-bond donors (Lipinski definition) is 2. The van der Waals surface area contributed by atoms with Gasteiger partial charge in [-0.1, -0.05) is 32.4 Å². The third kappa shape index (κ3) is 3.47. The molecule has 1 rings (SSSR count). The van der Waals surface area contributed by atoms with Gasteiger partial charge in [0.2, 0.25) is 5.91 Å². The molecule has 3 N–H and O–H groups in total. The molecular formula is C11H16ClN3O. The molecule has 0 aliphatic rings. The molecule has 16 heavy (non-hydrogen) atoms. The highest BCUT2D eigenvalue weighted by Gasteiger charge is 2.27. The molecule has 0 unspecified atom stereocenters. The number of nitrogens with one attached hydrogen (secondary N) is 1. The molecular weight excluding hydrogens is 226 g/mol. The summed E-state index contributed by atoms with van der Waals surface area (Å²) in [6, 6.07) is 2.73. The van der Waals surface area contributed by atoms with Gasteiger partial charge in [0, 0.05) is 0 Å². The standard InChI is InChI=1S/C11H16ClN3O/c1-11(2,3)9(13)10(16)15-7-4-5-8(12)14-6-7/h4-6,9H,13H2,1-3H3,(H,15,16)/t9-/m1/s1. The molecule has 0 aromatic carbocycles. The van der Waals surface area contributed by atoms with Crippen LogP contribution in [0, 0.1) is 5.41 Å². The number of pyridine rings is 1. The maximum absolute atomic E-state index is 11.7. The van der Waals surface area contributed by atoms with Crippen molar-refractivity contribution in [3.05, 3.63) is 23.5 Å².